The standard InChI is InChI=1S/C13H16N4OS/c1-3-9-7-15-13(19-9)8(2)16-12(18)10-5-4-6-11(14)17-10/h4-8H,3H2,1-2H3,(H2,14,17)(H,16,18). The SMILES string of the molecule is CCc1cnc(C(C)NC(=O)c2cccc(N)n2)s1. The summed E-state index contributed by atoms with van der Waals surface area (Å²) in [5.74, 6) is 0.0934. The Bertz CT molecular complexity index is 582. The van der Waals surface area contributed by atoms with Gasteiger partial charge in [-0.05, 0) is 25.5 Å². The lowest BCUT2D eigenvalue weighted by Gasteiger charge is -2.10. The lowest BCUT2D eigenvalue weighted by molar-refractivity contribution is 0.0935. The van der Waals surface area contributed by atoms with E-state index in [9.17, 15) is 4.79 Å². The van der Waals surface area contributed by atoms with Crippen molar-refractivity contribution in [1.29, 1.82) is 0 Å². The maximum atomic E-state index is 12.0. The number of thiazole rings is 1. The van der Waals surface area contributed by atoms with Gasteiger partial charge in [0.15, 0.2) is 0 Å². The molecule has 0 aliphatic rings. The zero-order chi connectivity index (χ0) is 13.8. The highest BCUT2D eigenvalue weighted by molar-refractivity contribution is 7.11. The number of hydrogen-bond acceptors (Lipinski definition) is 5. The lowest BCUT2D eigenvalue weighted by Crippen LogP contribution is -2.27. The number of amides is 1. The van der Waals surface area contributed by atoms with Gasteiger partial charge in [-0.2, -0.15) is 0 Å². The first-order valence-corrected chi connectivity index (χ1v) is 6.89. The summed E-state index contributed by atoms with van der Waals surface area (Å²) in [6, 6.07) is 4.85. The molecule has 0 fully saturated rings. The van der Waals surface area contributed by atoms with Gasteiger partial charge in [-0.15, -0.1) is 11.3 Å². The van der Waals surface area contributed by atoms with Crippen LogP contribution in [-0.4, -0.2) is 15.9 Å². The molecule has 0 saturated carbocycles. The van der Waals surface area contributed by atoms with Gasteiger partial charge in [0.25, 0.3) is 5.91 Å². The number of rotatable bonds is 4. The normalized spacial score (nSPS) is 12.1. The van der Waals surface area contributed by atoms with E-state index in [1.54, 1.807) is 29.5 Å². The van der Waals surface area contributed by atoms with Crippen LogP contribution < -0.4 is 11.1 Å². The predicted molar refractivity (Wildman–Crippen MR) is 76.0 cm³/mol. The van der Waals surface area contributed by atoms with Crippen LogP contribution in [0.3, 0.4) is 0 Å². The zero-order valence-corrected chi connectivity index (χ0v) is 11.7. The zero-order valence-electron chi connectivity index (χ0n) is 10.9. The summed E-state index contributed by atoms with van der Waals surface area (Å²) >= 11 is 1.61. The Morgan fingerprint density at radius 1 is 1.53 bits per heavy atom. The highest BCUT2D eigenvalue weighted by Gasteiger charge is 2.15. The van der Waals surface area contributed by atoms with Crippen LogP contribution in [0.5, 0.6) is 0 Å². The fraction of sp³-hybridized carbons (Fsp3) is 0.308. The van der Waals surface area contributed by atoms with Crippen molar-refractivity contribution in [3.05, 3.63) is 40.0 Å². The highest BCUT2D eigenvalue weighted by Crippen LogP contribution is 2.20. The predicted octanol–water partition coefficient (Wildman–Crippen LogP) is 2.17. The summed E-state index contributed by atoms with van der Waals surface area (Å²) in [5, 5.41) is 3.77. The molecule has 3 N–H and O–H groups in total. The van der Waals surface area contributed by atoms with Gasteiger partial charge >= 0.3 is 0 Å². The van der Waals surface area contributed by atoms with E-state index in [0.717, 1.165) is 11.4 Å². The fourth-order valence-corrected chi connectivity index (χ4v) is 2.46. The molecule has 2 aromatic heterocycles. The van der Waals surface area contributed by atoms with E-state index in [1.807, 2.05) is 13.1 Å². The van der Waals surface area contributed by atoms with Crippen LogP contribution in [0.2, 0.25) is 0 Å². The van der Waals surface area contributed by atoms with Crippen LogP contribution in [0, 0.1) is 0 Å². The molecule has 0 saturated heterocycles. The second-order valence-corrected chi connectivity index (χ2v) is 5.31. The number of pyridine rings is 1. The van der Waals surface area contributed by atoms with Crippen molar-refractivity contribution in [3.63, 3.8) is 0 Å². The first kappa shape index (κ1) is 13.5. The van der Waals surface area contributed by atoms with Gasteiger partial charge in [0.05, 0.1) is 6.04 Å². The Balaban J connectivity index is 2.06. The molecule has 0 aliphatic carbocycles. The van der Waals surface area contributed by atoms with E-state index < -0.39 is 0 Å². The molecule has 0 bridgehead atoms. The number of nitrogens with two attached hydrogens (primary N) is 1. The van der Waals surface area contributed by atoms with Crippen molar-refractivity contribution < 1.29 is 4.79 Å². The lowest BCUT2D eigenvalue weighted by atomic mass is 10.3. The number of aromatic nitrogens is 2. The molecule has 1 amide bonds. The Morgan fingerprint density at radius 3 is 2.95 bits per heavy atom. The van der Waals surface area contributed by atoms with Gasteiger partial charge in [0, 0.05) is 11.1 Å². The topological polar surface area (TPSA) is 80.9 Å². The second-order valence-electron chi connectivity index (χ2n) is 4.16. The van der Waals surface area contributed by atoms with Crippen LogP contribution in [-0.2, 0) is 6.42 Å². The van der Waals surface area contributed by atoms with E-state index >= 15 is 0 Å². The van der Waals surface area contributed by atoms with Gasteiger partial charge in [-0.1, -0.05) is 13.0 Å². The summed E-state index contributed by atoms with van der Waals surface area (Å²) < 4.78 is 0. The minimum atomic E-state index is -0.243. The van der Waals surface area contributed by atoms with E-state index in [2.05, 4.69) is 22.2 Å². The Kier molecular flexibility index (Phi) is 4.11. The Labute approximate surface area is 115 Å². The van der Waals surface area contributed by atoms with Crippen LogP contribution in [0.25, 0.3) is 0 Å². The third-order valence-electron chi connectivity index (χ3n) is 2.64. The number of nitrogen functional groups attached to an aromatic ring is 1. The Morgan fingerprint density at radius 2 is 2.32 bits per heavy atom. The summed E-state index contributed by atoms with van der Waals surface area (Å²) in [7, 11) is 0. The quantitative estimate of drug-likeness (QED) is 0.896. The number of carbonyl (C=O) groups is 1. The van der Waals surface area contributed by atoms with Crippen molar-refractivity contribution in [1.82, 2.24) is 15.3 Å². The number of nitrogens with one attached hydrogen (secondary N) is 1. The maximum Gasteiger partial charge on any atom is 0.270 e. The van der Waals surface area contributed by atoms with Crippen molar-refractivity contribution in [2.75, 3.05) is 5.73 Å². The van der Waals surface area contributed by atoms with Crippen LogP contribution in [0.4, 0.5) is 5.82 Å². The maximum absolute atomic E-state index is 12.0. The van der Waals surface area contributed by atoms with Crippen molar-refractivity contribution in [2.45, 2.75) is 26.3 Å². The van der Waals surface area contributed by atoms with E-state index in [1.165, 1.54) is 4.88 Å². The van der Waals surface area contributed by atoms with Crippen LogP contribution in [0.15, 0.2) is 24.4 Å². The van der Waals surface area contributed by atoms with Crippen molar-refractivity contribution in [2.24, 2.45) is 0 Å². The number of aryl methyl sites for hydroxylation is 1. The van der Waals surface area contributed by atoms with Gasteiger partial charge < -0.3 is 11.1 Å². The first-order valence-electron chi connectivity index (χ1n) is 6.08. The molecule has 6 heteroatoms. The average Bonchev–Trinajstić information content (AvgIpc) is 2.87. The van der Waals surface area contributed by atoms with Crippen molar-refractivity contribution in [3.8, 4) is 0 Å². The van der Waals surface area contributed by atoms with E-state index in [-0.39, 0.29) is 11.9 Å². The Hall–Kier alpha value is -1.95. The first-order chi connectivity index (χ1) is 9.10. The third kappa shape index (κ3) is 3.29. The third-order valence-corrected chi connectivity index (χ3v) is 3.97. The highest BCUT2D eigenvalue weighted by atomic mass is 32.1. The molecular formula is C13H16N4OS. The molecule has 0 aliphatic heterocycles. The van der Waals surface area contributed by atoms with Crippen molar-refractivity contribution >= 4 is 23.1 Å². The van der Waals surface area contributed by atoms with Crippen LogP contribution in [0.1, 0.15) is 40.3 Å². The molecule has 0 aromatic carbocycles. The number of carbonyl (C=O) groups excluding carboxylic acids is 1. The molecule has 2 aromatic rings. The monoisotopic (exact) mass is 276 g/mol. The fourth-order valence-electron chi connectivity index (χ4n) is 1.60. The molecule has 0 radical (unpaired) electrons. The minimum Gasteiger partial charge on any atom is -0.384 e. The van der Waals surface area contributed by atoms with Gasteiger partial charge in [0.2, 0.25) is 0 Å². The molecule has 1 atom stereocenters. The average molecular weight is 276 g/mol. The molecular weight excluding hydrogens is 260 g/mol. The van der Waals surface area contributed by atoms with E-state index in [0.29, 0.717) is 11.5 Å². The molecule has 100 valence electrons. The number of hydrogen-bond donors (Lipinski definition) is 2. The molecule has 5 nitrogen and oxygen atoms in total. The van der Waals surface area contributed by atoms with Crippen LogP contribution >= 0.6 is 11.3 Å². The van der Waals surface area contributed by atoms with Gasteiger partial charge in [0.1, 0.15) is 16.5 Å². The number of nitrogens with zero attached hydrogens (tertiary/aromatic N) is 2. The van der Waals surface area contributed by atoms with Gasteiger partial charge in [-0.25, -0.2) is 9.97 Å². The molecule has 19 heavy (non-hydrogen) atoms. The summed E-state index contributed by atoms with van der Waals surface area (Å²) in [4.78, 5) is 21.5. The molecule has 2 rings (SSSR count). The molecule has 0 spiro atoms. The van der Waals surface area contributed by atoms with Gasteiger partial charge in [-0.3, -0.25) is 4.79 Å². The summed E-state index contributed by atoms with van der Waals surface area (Å²) in [6.45, 7) is 3.99. The molecule has 1 unspecified atom stereocenters. The molecule has 2 heterocycles. The largest absolute Gasteiger partial charge is 0.384 e. The number of anilines is 1. The van der Waals surface area contributed by atoms with E-state index in [4.69, 9.17) is 5.73 Å². The summed E-state index contributed by atoms with van der Waals surface area (Å²) in [6.07, 6.45) is 2.80. The smallest absolute Gasteiger partial charge is 0.270 e. The summed E-state index contributed by atoms with van der Waals surface area (Å²) in [5.41, 5.74) is 5.88. The second kappa shape index (κ2) is 5.79. The minimum absolute atomic E-state index is 0.138.